The topological polar surface area (TPSA) is 51.3 Å². The number of thiazole rings is 2. The smallest absolute Gasteiger partial charge is 0.232 e. The standard InChI is InChI=1S/C21H12ClN3OS2/c22-15-7-5-13(6-8-15)17-12-28-20(24-17)16-11-14-3-1-2-4-18(14)26-19(16)25-21-23-9-10-27-21/h1-12H. The maximum atomic E-state index is 6.10. The number of hydrogen-bond acceptors (Lipinski definition) is 6. The van der Waals surface area contributed by atoms with Crippen molar-refractivity contribution in [3.63, 3.8) is 0 Å². The molecule has 28 heavy (non-hydrogen) atoms. The van der Waals surface area contributed by atoms with Gasteiger partial charge in [-0.1, -0.05) is 41.9 Å². The van der Waals surface area contributed by atoms with Crippen LogP contribution in [0.15, 0.2) is 81.0 Å². The van der Waals surface area contributed by atoms with Crippen LogP contribution in [0, 0.1) is 0 Å². The average Bonchev–Trinajstić information content (AvgIpc) is 3.40. The van der Waals surface area contributed by atoms with Crippen LogP contribution < -0.4 is 5.55 Å². The van der Waals surface area contributed by atoms with E-state index in [4.69, 9.17) is 21.0 Å². The number of fused-ring (bicyclic) bond motifs is 1. The minimum atomic E-state index is 0.505. The molecule has 136 valence electrons. The number of hydrogen-bond donors (Lipinski definition) is 0. The molecular weight excluding hydrogens is 410 g/mol. The van der Waals surface area contributed by atoms with Crippen LogP contribution in [-0.4, -0.2) is 9.97 Å². The first-order valence-electron chi connectivity index (χ1n) is 8.45. The summed E-state index contributed by atoms with van der Waals surface area (Å²) in [6, 6.07) is 17.6. The Labute approximate surface area is 173 Å². The van der Waals surface area contributed by atoms with E-state index in [2.05, 4.69) is 16.0 Å². The van der Waals surface area contributed by atoms with Gasteiger partial charge in [0.05, 0.1) is 11.3 Å². The van der Waals surface area contributed by atoms with Crippen LogP contribution >= 0.6 is 34.3 Å². The maximum absolute atomic E-state index is 6.10. The van der Waals surface area contributed by atoms with Gasteiger partial charge in [-0.2, -0.15) is 4.99 Å². The summed E-state index contributed by atoms with van der Waals surface area (Å²) in [7, 11) is 0. The van der Waals surface area contributed by atoms with Gasteiger partial charge < -0.3 is 4.42 Å². The molecule has 2 aromatic carbocycles. The summed E-state index contributed by atoms with van der Waals surface area (Å²) in [5.41, 5.74) is 4.04. The second-order valence-electron chi connectivity index (χ2n) is 5.97. The predicted molar refractivity (Wildman–Crippen MR) is 115 cm³/mol. The van der Waals surface area contributed by atoms with Gasteiger partial charge in [-0.05, 0) is 24.3 Å². The van der Waals surface area contributed by atoms with Crippen molar-refractivity contribution in [2.45, 2.75) is 0 Å². The summed E-state index contributed by atoms with van der Waals surface area (Å²) in [6.07, 6.45) is 1.73. The second-order valence-corrected chi connectivity index (χ2v) is 8.14. The fourth-order valence-corrected chi connectivity index (χ4v) is 4.28. The van der Waals surface area contributed by atoms with Crippen molar-refractivity contribution in [3.05, 3.63) is 82.1 Å². The average molecular weight is 422 g/mol. The lowest BCUT2D eigenvalue weighted by Crippen LogP contribution is -2.05. The number of halogens is 1. The van der Waals surface area contributed by atoms with Gasteiger partial charge in [-0.15, -0.1) is 22.7 Å². The van der Waals surface area contributed by atoms with E-state index in [-0.39, 0.29) is 0 Å². The monoisotopic (exact) mass is 421 g/mol. The van der Waals surface area contributed by atoms with E-state index in [0.29, 0.717) is 15.7 Å². The van der Waals surface area contributed by atoms with Crippen molar-refractivity contribution < 1.29 is 4.42 Å². The van der Waals surface area contributed by atoms with Crippen LogP contribution in [0.2, 0.25) is 5.02 Å². The molecular formula is C21H12ClN3OS2. The zero-order valence-electron chi connectivity index (χ0n) is 14.4. The fourth-order valence-electron chi connectivity index (χ4n) is 2.81. The molecule has 5 rings (SSSR count). The van der Waals surface area contributed by atoms with Crippen LogP contribution in [-0.2, 0) is 0 Å². The first-order chi connectivity index (χ1) is 13.8. The van der Waals surface area contributed by atoms with Crippen LogP contribution in [0.25, 0.3) is 32.8 Å². The van der Waals surface area contributed by atoms with E-state index in [1.807, 2.05) is 59.3 Å². The van der Waals surface area contributed by atoms with Crippen molar-refractivity contribution in [2.24, 2.45) is 4.99 Å². The highest BCUT2D eigenvalue weighted by atomic mass is 35.5. The fraction of sp³-hybridized carbons (Fsp3) is 0. The van der Waals surface area contributed by atoms with E-state index in [1.54, 1.807) is 17.5 Å². The number of aromatic nitrogens is 2. The zero-order valence-corrected chi connectivity index (χ0v) is 16.8. The van der Waals surface area contributed by atoms with E-state index in [9.17, 15) is 0 Å². The third-order valence-electron chi connectivity index (χ3n) is 4.15. The van der Waals surface area contributed by atoms with E-state index in [0.717, 1.165) is 32.8 Å². The Kier molecular flexibility index (Phi) is 4.52. The molecule has 0 N–H and O–H groups in total. The molecule has 4 nitrogen and oxygen atoms in total. The van der Waals surface area contributed by atoms with Gasteiger partial charge in [-0.25, -0.2) is 9.97 Å². The van der Waals surface area contributed by atoms with Crippen LogP contribution in [0.3, 0.4) is 0 Å². The predicted octanol–water partition coefficient (Wildman–Crippen LogP) is 6.57. The molecule has 0 saturated heterocycles. The first kappa shape index (κ1) is 17.3. The third-order valence-corrected chi connectivity index (χ3v) is 5.94. The van der Waals surface area contributed by atoms with Crippen molar-refractivity contribution in [2.75, 3.05) is 0 Å². The maximum Gasteiger partial charge on any atom is 0.232 e. The van der Waals surface area contributed by atoms with Crippen LogP contribution in [0.4, 0.5) is 5.13 Å². The molecule has 0 fully saturated rings. The lowest BCUT2D eigenvalue weighted by atomic mass is 10.1. The highest BCUT2D eigenvalue weighted by Crippen LogP contribution is 2.30. The summed E-state index contributed by atoms with van der Waals surface area (Å²) >= 11 is 9.02. The molecule has 0 radical (unpaired) electrons. The Hall–Kier alpha value is -2.80. The molecule has 0 amide bonds. The molecule has 5 aromatic rings. The van der Waals surface area contributed by atoms with Crippen molar-refractivity contribution >= 4 is 50.4 Å². The third kappa shape index (κ3) is 3.38. The Morgan fingerprint density at radius 1 is 1.00 bits per heavy atom. The summed E-state index contributed by atoms with van der Waals surface area (Å²) in [5, 5.41) is 7.11. The largest absolute Gasteiger partial charge is 0.438 e. The van der Waals surface area contributed by atoms with Gasteiger partial charge >= 0.3 is 0 Å². The Morgan fingerprint density at radius 3 is 2.68 bits per heavy atom. The van der Waals surface area contributed by atoms with Gasteiger partial charge in [-0.3, -0.25) is 0 Å². The minimum absolute atomic E-state index is 0.505. The SMILES string of the molecule is Clc1ccc(-c2csc(-c3cc4ccccc4oc3=Nc3nccs3)n2)cc1. The lowest BCUT2D eigenvalue weighted by Gasteiger charge is -2.02. The van der Waals surface area contributed by atoms with Crippen LogP contribution in [0.1, 0.15) is 0 Å². The summed E-state index contributed by atoms with van der Waals surface area (Å²) < 4.78 is 6.10. The van der Waals surface area contributed by atoms with Gasteiger partial charge in [0.2, 0.25) is 10.7 Å². The molecule has 0 atom stereocenters. The Balaban J connectivity index is 1.69. The normalized spacial score (nSPS) is 12.0. The quantitative estimate of drug-likeness (QED) is 0.331. The lowest BCUT2D eigenvalue weighted by molar-refractivity contribution is 0.547. The second kappa shape index (κ2) is 7.31. The van der Waals surface area contributed by atoms with Crippen molar-refractivity contribution in [1.29, 1.82) is 0 Å². The molecule has 3 heterocycles. The van der Waals surface area contributed by atoms with Gasteiger partial charge in [0, 0.05) is 32.9 Å². The Morgan fingerprint density at radius 2 is 1.86 bits per heavy atom. The number of rotatable bonds is 3. The van der Waals surface area contributed by atoms with Gasteiger partial charge in [0.1, 0.15) is 10.6 Å². The van der Waals surface area contributed by atoms with E-state index in [1.165, 1.54) is 11.3 Å². The molecule has 0 saturated carbocycles. The van der Waals surface area contributed by atoms with Gasteiger partial charge in [0.25, 0.3) is 0 Å². The number of para-hydroxylation sites is 1. The highest BCUT2D eigenvalue weighted by Gasteiger charge is 2.12. The molecule has 3 aromatic heterocycles. The summed E-state index contributed by atoms with van der Waals surface area (Å²) in [6.45, 7) is 0. The number of benzene rings is 2. The van der Waals surface area contributed by atoms with E-state index < -0.39 is 0 Å². The van der Waals surface area contributed by atoms with Crippen molar-refractivity contribution in [1.82, 2.24) is 9.97 Å². The molecule has 0 aliphatic rings. The molecule has 0 bridgehead atoms. The molecule has 0 unspecified atom stereocenters. The summed E-state index contributed by atoms with van der Waals surface area (Å²) in [5.74, 6) is 0. The minimum Gasteiger partial charge on any atom is -0.438 e. The van der Waals surface area contributed by atoms with E-state index >= 15 is 0 Å². The highest BCUT2D eigenvalue weighted by molar-refractivity contribution is 7.13. The summed E-state index contributed by atoms with van der Waals surface area (Å²) in [4.78, 5) is 13.7. The molecule has 7 heteroatoms. The zero-order chi connectivity index (χ0) is 18.9. The first-order valence-corrected chi connectivity index (χ1v) is 10.6. The van der Waals surface area contributed by atoms with Crippen LogP contribution in [0.5, 0.6) is 0 Å². The van der Waals surface area contributed by atoms with Crippen molar-refractivity contribution in [3.8, 4) is 21.8 Å². The number of nitrogens with zero attached hydrogens (tertiary/aromatic N) is 3. The van der Waals surface area contributed by atoms with Gasteiger partial charge in [0.15, 0.2) is 0 Å². The molecule has 0 spiro atoms. The molecule has 0 aliphatic carbocycles. The molecule has 0 aliphatic heterocycles. The Bertz CT molecular complexity index is 1320.